The zero-order chi connectivity index (χ0) is 29.7. The summed E-state index contributed by atoms with van der Waals surface area (Å²) >= 11 is 0. The molecule has 0 aliphatic heterocycles. The van der Waals surface area contributed by atoms with Gasteiger partial charge in [-0.15, -0.1) is 0 Å². The molecule has 0 unspecified atom stereocenters. The zero-order valence-corrected chi connectivity index (χ0v) is 24.4. The molecule has 5 aromatic carbocycles. The molecule has 1 aliphatic rings. The van der Waals surface area contributed by atoms with Crippen LogP contribution < -0.4 is 0 Å². The van der Waals surface area contributed by atoms with E-state index in [2.05, 4.69) is 100 Å². The maximum absolute atomic E-state index is 5.11. The van der Waals surface area contributed by atoms with Crippen molar-refractivity contribution in [1.29, 1.82) is 0 Å². The van der Waals surface area contributed by atoms with E-state index in [-0.39, 0.29) is 0 Å². The summed E-state index contributed by atoms with van der Waals surface area (Å²) in [5, 5.41) is 4.71. The second-order valence-electron chi connectivity index (χ2n) is 11.3. The molecule has 3 heterocycles. The predicted molar refractivity (Wildman–Crippen MR) is 185 cm³/mol. The van der Waals surface area contributed by atoms with E-state index in [4.69, 9.17) is 15.0 Å². The number of para-hydroxylation sites is 2. The smallest absolute Gasteiger partial charge is 0.238 e. The van der Waals surface area contributed by atoms with Crippen molar-refractivity contribution in [3.63, 3.8) is 0 Å². The third-order valence-corrected chi connectivity index (χ3v) is 8.59. The van der Waals surface area contributed by atoms with Crippen LogP contribution in [0.3, 0.4) is 0 Å². The average molecular weight is 578 g/mol. The molecule has 5 heteroatoms. The van der Waals surface area contributed by atoms with E-state index in [1.54, 1.807) is 0 Å². The van der Waals surface area contributed by atoms with Crippen LogP contribution in [0.15, 0.2) is 152 Å². The molecule has 0 amide bonds. The second kappa shape index (κ2) is 10.3. The van der Waals surface area contributed by atoms with Crippen molar-refractivity contribution in [2.75, 3.05) is 0 Å². The van der Waals surface area contributed by atoms with Crippen molar-refractivity contribution >= 4 is 49.3 Å². The van der Waals surface area contributed by atoms with Crippen LogP contribution in [0.2, 0.25) is 0 Å². The Morgan fingerprint density at radius 3 is 1.62 bits per heavy atom. The van der Waals surface area contributed by atoms with E-state index in [9.17, 15) is 0 Å². The van der Waals surface area contributed by atoms with Gasteiger partial charge in [-0.05, 0) is 36.8 Å². The fourth-order valence-electron chi connectivity index (χ4n) is 6.56. The molecule has 0 radical (unpaired) electrons. The van der Waals surface area contributed by atoms with Gasteiger partial charge in [0.1, 0.15) is 0 Å². The van der Waals surface area contributed by atoms with Gasteiger partial charge in [0.2, 0.25) is 5.95 Å². The van der Waals surface area contributed by atoms with Crippen molar-refractivity contribution < 1.29 is 0 Å². The summed E-state index contributed by atoms with van der Waals surface area (Å²) in [4.78, 5) is 15.2. The molecule has 0 atom stereocenters. The van der Waals surface area contributed by atoms with E-state index < -0.39 is 0 Å². The molecule has 0 fully saturated rings. The Morgan fingerprint density at radius 2 is 1.00 bits per heavy atom. The number of rotatable bonds is 4. The Bertz CT molecular complexity index is 2440. The number of fused-ring (bicyclic) bond motifs is 6. The van der Waals surface area contributed by atoms with Gasteiger partial charge < -0.3 is 4.57 Å². The topological polar surface area (TPSA) is 48.5 Å². The molecular formula is C40H27N5. The maximum Gasteiger partial charge on any atom is 0.238 e. The van der Waals surface area contributed by atoms with Crippen molar-refractivity contribution in [2.24, 2.45) is 0 Å². The molecule has 0 N–H and O–H groups in total. The Balaban J connectivity index is 1.38. The Morgan fingerprint density at radius 1 is 0.467 bits per heavy atom. The third-order valence-electron chi connectivity index (χ3n) is 8.59. The lowest BCUT2D eigenvalue weighted by atomic mass is 10.1. The first-order valence-corrected chi connectivity index (χ1v) is 15.2. The van der Waals surface area contributed by atoms with Gasteiger partial charge in [0.25, 0.3) is 0 Å². The molecule has 212 valence electrons. The fraction of sp³-hybridized carbons (Fsp3) is 0.0250. The summed E-state index contributed by atoms with van der Waals surface area (Å²) in [6.45, 7) is 0. The lowest BCUT2D eigenvalue weighted by molar-refractivity contribution is 0.954. The molecule has 45 heavy (non-hydrogen) atoms. The van der Waals surface area contributed by atoms with E-state index >= 15 is 0 Å². The SMILES string of the molecule is C1=CCC=C(n2c3ccccc3c3cc4c(cc32)c2ccccc2n4-c2nc(-c3ccccc3)nc(-c3ccccc3)n2)C=C1. The lowest BCUT2D eigenvalue weighted by Crippen LogP contribution is -2.06. The Kier molecular flexibility index (Phi) is 5.81. The summed E-state index contributed by atoms with van der Waals surface area (Å²) in [6, 6.07) is 42.1. The van der Waals surface area contributed by atoms with Crippen LogP contribution in [0.25, 0.3) is 78.0 Å². The normalized spacial score (nSPS) is 13.2. The van der Waals surface area contributed by atoms with Gasteiger partial charge in [-0.25, -0.2) is 4.98 Å². The first kappa shape index (κ1) is 25.4. The van der Waals surface area contributed by atoms with Gasteiger partial charge in [-0.3, -0.25) is 4.57 Å². The Labute approximate surface area is 259 Å². The van der Waals surface area contributed by atoms with Gasteiger partial charge in [-0.2, -0.15) is 9.97 Å². The first-order valence-electron chi connectivity index (χ1n) is 15.2. The summed E-state index contributed by atoms with van der Waals surface area (Å²) in [5.74, 6) is 1.88. The standard InChI is InChI=1S/C40H27N5/c1-2-10-20-29(19-9-1)44-34-23-13-11-21-30(34)32-26-37-33(25-36(32)44)31-22-12-14-24-35(31)45(37)40-42-38(27-15-5-3-6-16-27)41-39(43-40)28-17-7-4-8-18-28/h1-9,11-26H,10H2. The minimum Gasteiger partial charge on any atom is -0.310 e. The van der Waals surface area contributed by atoms with E-state index in [1.165, 1.54) is 27.5 Å². The van der Waals surface area contributed by atoms with Crippen LogP contribution >= 0.6 is 0 Å². The monoisotopic (exact) mass is 577 g/mol. The lowest BCUT2D eigenvalue weighted by Gasteiger charge is -2.11. The summed E-state index contributed by atoms with van der Waals surface area (Å²) in [7, 11) is 0. The second-order valence-corrected chi connectivity index (χ2v) is 11.3. The van der Waals surface area contributed by atoms with Gasteiger partial charge in [0, 0.05) is 38.4 Å². The summed E-state index contributed by atoms with van der Waals surface area (Å²) in [5.41, 5.74) is 7.54. The molecule has 0 saturated carbocycles. The molecule has 0 spiro atoms. The molecule has 9 rings (SSSR count). The zero-order valence-electron chi connectivity index (χ0n) is 24.4. The van der Waals surface area contributed by atoms with Crippen molar-refractivity contribution in [3.8, 4) is 28.7 Å². The predicted octanol–water partition coefficient (Wildman–Crippen LogP) is 9.77. The van der Waals surface area contributed by atoms with Crippen molar-refractivity contribution in [1.82, 2.24) is 24.1 Å². The van der Waals surface area contributed by atoms with Crippen LogP contribution in [-0.4, -0.2) is 24.1 Å². The van der Waals surface area contributed by atoms with Gasteiger partial charge in [0.15, 0.2) is 11.6 Å². The number of hydrogen-bond donors (Lipinski definition) is 0. The largest absolute Gasteiger partial charge is 0.310 e. The van der Waals surface area contributed by atoms with Crippen molar-refractivity contribution in [3.05, 3.63) is 152 Å². The van der Waals surface area contributed by atoms with E-state index in [0.717, 1.165) is 39.4 Å². The number of aromatic nitrogens is 5. The third kappa shape index (κ3) is 4.13. The van der Waals surface area contributed by atoms with Crippen molar-refractivity contribution in [2.45, 2.75) is 6.42 Å². The summed E-state index contributed by atoms with van der Waals surface area (Å²) in [6.07, 6.45) is 11.8. The Hall–Kier alpha value is -6.07. The molecule has 5 nitrogen and oxygen atoms in total. The number of benzene rings is 5. The van der Waals surface area contributed by atoms with E-state index in [1.807, 2.05) is 60.7 Å². The van der Waals surface area contributed by atoms with Crippen LogP contribution in [0, 0.1) is 0 Å². The highest BCUT2D eigenvalue weighted by molar-refractivity contribution is 6.19. The number of hydrogen-bond acceptors (Lipinski definition) is 3. The van der Waals surface area contributed by atoms with Crippen LogP contribution in [0.4, 0.5) is 0 Å². The minimum atomic E-state index is 0.595. The first-order chi connectivity index (χ1) is 22.3. The van der Waals surface area contributed by atoms with Gasteiger partial charge in [0.05, 0.1) is 22.1 Å². The fourth-order valence-corrected chi connectivity index (χ4v) is 6.56. The highest BCUT2D eigenvalue weighted by Crippen LogP contribution is 2.39. The number of allylic oxidation sites excluding steroid dienone is 6. The van der Waals surface area contributed by atoms with Gasteiger partial charge >= 0.3 is 0 Å². The van der Waals surface area contributed by atoms with E-state index in [0.29, 0.717) is 17.6 Å². The van der Waals surface area contributed by atoms with Crippen LogP contribution in [0.5, 0.6) is 0 Å². The van der Waals surface area contributed by atoms with Crippen LogP contribution in [-0.2, 0) is 0 Å². The highest BCUT2D eigenvalue weighted by Gasteiger charge is 2.21. The molecule has 0 saturated heterocycles. The minimum absolute atomic E-state index is 0.595. The molecule has 8 aromatic rings. The molecule has 3 aromatic heterocycles. The quantitative estimate of drug-likeness (QED) is 0.209. The molecule has 1 aliphatic carbocycles. The average Bonchev–Trinajstić information content (AvgIpc) is 3.45. The number of nitrogens with zero attached hydrogens (tertiary/aromatic N) is 5. The molecule has 0 bridgehead atoms. The maximum atomic E-state index is 5.11. The molecular weight excluding hydrogens is 550 g/mol. The van der Waals surface area contributed by atoms with Crippen LogP contribution in [0.1, 0.15) is 6.42 Å². The van der Waals surface area contributed by atoms with Gasteiger partial charge in [-0.1, -0.05) is 121 Å². The highest BCUT2D eigenvalue weighted by atomic mass is 15.2. The summed E-state index contributed by atoms with van der Waals surface area (Å²) < 4.78 is 4.59.